The topological polar surface area (TPSA) is 62.6 Å². The van der Waals surface area contributed by atoms with Gasteiger partial charge in [0.1, 0.15) is 0 Å². The molecule has 0 spiro atoms. The first-order valence-corrected chi connectivity index (χ1v) is 9.03. The summed E-state index contributed by atoms with van der Waals surface area (Å²) in [5.74, 6) is -0.826. The van der Waals surface area contributed by atoms with Gasteiger partial charge in [-0.3, -0.25) is 9.59 Å². The predicted molar refractivity (Wildman–Crippen MR) is 105 cm³/mol. The molecule has 1 N–H and O–H groups in total. The highest BCUT2D eigenvalue weighted by Crippen LogP contribution is 2.32. The molecule has 1 heterocycles. The highest BCUT2D eigenvalue weighted by Gasteiger charge is 2.33. The standard InChI is InChI=1S/C22H19F3N2O3/c1-14-9-10-15(12-18(14)26-20(28)19-8-5-11-30-19)21(29)27(2)13-16-6-3-4-7-17(16)22(23,24)25/h3-12H,13H2,1-2H3,(H,26,28). The number of amides is 2. The number of rotatable bonds is 5. The summed E-state index contributed by atoms with van der Waals surface area (Å²) in [6, 6.07) is 12.9. The van der Waals surface area contributed by atoms with Gasteiger partial charge >= 0.3 is 6.18 Å². The molecule has 0 unspecified atom stereocenters. The Kier molecular flexibility index (Phi) is 5.96. The van der Waals surface area contributed by atoms with Crippen LogP contribution in [0.1, 0.15) is 37.6 Å². The molecule has 8 heteroatoms. The third kappa shape index (κ3) is 4.71. The predicted octanol–water partition coefficient (Wildman–Crippen LogP) is 5.13. The number of hydrogen-bond acceptors (Lipinski definition) is 3. The average molecular weight is 416 g/mol. The van der Waals surface area contributed by atoms with Gasteiger partial charge in [-0.1, -0.05) is 24.3 Å². The molecule has 3 rings (SSSR count). The molecule has 2 aromatic carbocycles. The Morgan fingerprint density at radius 3 is 2.47 bits per heavy atom. The molecule has 0 saturated carbocycles. The van der Waals surface area contributed by atoms with Gasteiger partial charge < -0.3 is 14.6 Å². The molecule has 0 aliphatic rings. The summed E-state index contributed by atoms with van der Waals surface area (Å²) in [6.45, 7) is 1.55. The van der Waals surface area contributed by atoms with E-state index in [0.717, 1.165) is 11.6 Å². The maximum absolute atomic E-state index is 13.2. The van der Waals surface area contributed by atoms with E-state index in [1.54, 1.807) is 25.1 Å². The SMILES string of the molecule is Cc1ccc(C(=O)N(C)Cc2ccccc2C(F)(F)F)cc1NC(=O)c1ccco1. The van der Waals surface area contributed by atoms with Crippen molar-refractivity contribution in [1.82, 2.24) is 4.90 Å². The molecule has 2 amide bonds. The van der Waals surface area contributed by atoms with Crippen LogP contribution >= 0.6 is 0 Å². The molecule has 0 fully saturated rings. The summed E-state index contributed by atoms with van der Waals surface area (Å²) in [4.78, 5) is 26.2. The number of furan rings is 1. The second-order valence-electron chi connectivity index (χ2n) is 6.78. The van der Waals surface area contributed by atoms with Crippen molar-refractivity contribution < 1.29 is 27.2 Å². The fraction of sp³-hybridized carbons (Fsp3) is 0.182. The summed E-state index contributed by atoms with van der Waals surface area (Å²) in [6.07, 6.45) is -3.14. The van der Waals surface area contributed by atoms with Gasteiger partial charge in [-0.05, 0) is 48.4 Å². The molecule has 0 aliphatic heterocycles. The number of anilines is 1. The van der Waals surface area contributed by atoms with Crippen LogP contribution in [-0.4, -0.2) is 23.8 Å². The molecule has 30 heavy (non-hydrogen) atoms. The highest BCUT2D eigenvalue weighted by molar-refractivity contribution is 6.03. The largest absolute Gasteiger partial charge is 0.459 e. The van der Waals surface area contributed by atoms with Crippen molar-refractivity contribution in [2.75, 3.05) is 12.4 Å². The van der Waals surface area contributed by atoms with Crippen molar-refractivity contribution >= 4 is 17.5 Å². The van der Waals surface area contributed by atoms with E-state index < -0.39 is 23.6 Å². The van der Waals surface area contributed by atoms with Crippen LogP contribution < -0.4 is 5.32 Å². The molecule has 0 saturated heterocycles. The Morgan fingerprint density at radius 1 is 1.07 bits per heavy atom. The van der Waals surface area contributed by atoms with E-state index in [-0.39, 0.29) is 23.4 Å². The molecular formula is C22H19F3N2O3. The van der Waals surface area contributed by atoms with Crippen LogP contribution in [-0.2, 0) is 12.7 Å². The first-order chi connectivity index (χ1) is 14.2. The zero-order valence-corrected chi connectivity index (χ0v) is 16.3. The van der Waals surface area contributed by atoms with E-state index in [1.807, 2.05) is 0 Å². The highest BCUT2D eigenvalue weighted by atomic mass is 19.4. The Bertz CT molecular complexity index is 1060. The van der Waals surface area contributed by atoms with Crippen molar-refractivity contribution in [3.63, 3.8) is 0 Å². The summed E-state index contributed by atoms with van der Waals surface area (Å²) >= 11 is 0. The van der Waals surface area contributed by atoms with Gasteiger partial charge in [-0.15, -0.1) is 0 Å². The maximum Gasteiger partial charge on any atom is 0.416 e. The van der Waals surface area contributed by atoms with E-state index in [9.17, 15) is 22.8 Å². The zero-order valence-electron chi connectivity index (χ0n) is 16.3. The molecule has 3 aromatic rings. The lowest BCUT2D eigenvalue weighted by Gasteiger charge is -2.21. The smallest absolute Gasteiger partial charge is 0.416 e. The lowest BCUT2D eigenvalue weighted by atomic mass is 10.1. The van der Waals surface area contributed by atoms with Gasteiger partial charge in [0.15, 0.2) is 5.76 Å². The van der Waals surface area contributed by atoms with Crippen molar-refractivity contribution in [3.05, 3.63) is 88.9 Å². The van der Waals surface area contributed by atoms with E-state index in [4.69, 9.17) is 4.42 Å². The van der Waals surface area contributed by atoms with Gasteiger partial charge in [0.05, 0.1) is 11.8 Å². The first-order valence-electron chi connectivity index (χ1n) is 9.03. The van der Waals surface area contributed by atoms with E-state index in [0.29, 0.717) is 5.69 Å². The van der Waals surface area contributed by atoms with Crippen molar-refractivity contribution in [2.45, 2.75) is 19.6 Å². The lowest BCUT2D eigenvalue weighted by molar-refractivity contribution is -0.138. The van der Waals surface area contributed by atoms with E-state index >= 15 is 0 Å². The molecule has 0 bridgehead atoms. The molecule has 1 aromatic heterocycles. The summed E-state index contributed by atoms with van der Waals surface area (Å²) in [5, 5.41) is 2.67. The van der Waals surface area contributed by atoms with Crippen LogP contribution in [0.3, 0.4) is 0 Å². The van der Waals surface area contributed by atoms with Crippen LogP contribution in [0.15, 0.2) is 65.3 Å². The number of carbonyl (C=O) groups is 2. The zero-order chi connectivity index (χ0) is 21.9. The third-order valence-corrected chi connectivity index (χ3v) is 4.55. The third-order valence-electron chi connectivity index (χ3n) is 4.55. The Balaban J connectivity index is 1.79. The number of alkyl halides is 3. The number of benzene rings is 2. The monoisotopic (exact) mass is 416 g/mol. The van der Waals surface area contributed by atoms with Crippen LogP contribution in [0.5, 0.6) is 0 Å². The number of halogens is 3. The maximum atomic E-state index is 13.2. The van der Waals surface area contributed by atoms with Gasteiger partial charge in [0.25, 0.3) is 11.8 Å². The van der Waals surface area contributed by atoms with Crippen molar-refractivity contribution in [1.29, 1.82) is 0 Å². The fourth-order valence-corrected chi connectivity index (χ4v) is 2.96. The summed E-state index contributed by atoms with van der Waals surface area (Å²) in [5.41, 5.74) is 0.587. The minimum atomic E-state index is -4.51. The Labute approximate surface area is 171 Å². The van der Waals surface area contributed by atoms with Crippen LogP contribution in [0.4, 0.5) is 18.9 Å². The number of nitrogens with zero attached hydrogens (tertiary/aromatic N) is 1. The lowest BCUT2D eigenvalue weighted by Crippen LogP contribution is -2.27. The quantitative estimate of drug-likeness (QED) is 0.627. The molecule has 0 aliphatic carbocycles. The number of hydrogen-bond donors (Lipinski definition) is 1. The molecule has 5 nitrogen and oxygen atoms in total. The molecule has 0 radical (unpaired) electrons. The number of carbonyl (C=O) groups excluding carboxylic acids is 2. The van der Waals surface area contributed by atoms with Crippen molar-refractivity contribution in [3.8, 4) is 0 Å². The Morgan fingerprint density at radius 2 is 1.80 bits per heavy atom. The fourth-order valence-electron chi connectivity index (χ4n) is 2.96. The first kappa shape index (κ1) is 21.2. The second kappa shape index (κ2) is 8.44. The van der Waals surface area contributed by atoms with Crippen LogP contribution in [0.2, 0.25) is 0 Å². The number of aryl methyl sites for hydroxylation is 1. The summed E-state index contributed by atoms with van der Waals surface area (Å²) in [7, 11) is 1.43. The van der Waals surface area contributed by atoms with E-state index in [1.165, 1.54) is 48.5 Å². The molecule has 0 atom stereocenters. The second-order valence-corrected chi connectivity index (χ2v) is 6.78. The molecule has 156 valence electrons. The van der Waals surface area contributed by atoms with Gasteiger partial charge in [0, 0.05) is 24.8 Å². The minimum absolute atomic E-state index is 0.000641. The van der Waals surface area contributed by atoms with Crippen LogP contribution in [0, 0.1) is 6.92 Å². The number of nitrogens with one attached hydrogen (secondary N) is 1. The van der Waals surface area contributed by atoms with Gasteiger partial charge in [0.2, 0.25) is 0 Å². The van der Waals surface area contributed by atoms with Crippen LogP contribution in [0.25, 0.3) is 0 Å². The van der Waals surface area contributed by atoms with Crippen molar-refractivity contribution in [2.24, 2.45) is 0 Å². The van der Waals surface area contributed by atoms with E-state index in [2.05, 4.69) is 5.32 Å². The average Bonchev–Trinajstić information content (AvgIpc) is 3.23. The Hall–Kier alpha value is -3.55. The van der Waals surface area contributed by atoms with Gasteiger partial charge in [-0.2, -0.15) is 13.2 Å². The van der Waals surface area contributed by atoms with Gasteiger partial charge in [-0.25, -0.2) is 0 Å². The minimum Gasteiger partial charge on any atom is -0.459 e. The molecular weight excluding hydrogens is 397 g/mol. The summed E-state index contributed by atoms with van der Waals surface area (Å²) < 4.78 is 44.7. The normalized spacial score (nSPS) is 11.2.